The minimum absolute atomic E-state index is 0.0723. The van der Waals surface area contributed by atoms with E-state index in [1.165, 1.54) is 0 Å². The molecule has 0 saturated heterocycles. The van der Waals surface area contributed by atoms with Crippen molar-refractivity contribution in [2.45, 2.75) is 20.3 Å². The van der Waals surface area contributed by atoms with E-state index < -0.39 is 0 Å². The zero-order valence-electron chi connectivity index (χ0n) is 9.92. The van der Waals surface area contributed by atoms with E-state index in [9.17, 15) is 5.11 Å². The van der Waals surface area contributed by atoms with Crippen LogP contribution in [0.3, 0.4) is 0 Å². The molecule has 1 N–H and O–H groups in total. The normalized spacial score (nSPS) is 11.0. The number of rotatable bonds is 4. The Labute approximate surface area is 99.5 Å². The van der Waals surface area contributed by atoms with Gasteiger partial charge in [-0.3, -0.25) is 4.98 Å². The van der Waals surface area contributed by atoms with Crippen molar-refractivity contribution in [2.24, 2.45) is 5.92 Å². The van der Waals surface area contributed by atoms with Gasteiger partial charge in [0.15, 0.2) is 0 Å². The third-order valence-electron chi connectivity index (χ3n) is 2.38. The summed E-state index contributed by atoms with van der Waals surface area (Å²) in [5.74, 6) is 0.489. The number of fused-ring (bicyclic) bond motifs is 1. The Morgan fingerprint density at radius 2 is 2.18 bits per heavy atom. The number of hydrogen-bond acceptors (Lipinski definition) is 5. The van der Waals surface area contributed by atoms with Crippen molar-refractivity contribution in [1.82, 2.24) is 15.0 Å². The fourth-order valence-corrected chi connectivity index (χ4v) is 1.39. The Hall–Kier alpha value is -1.91. The lowest BCUT2D eigenvalue weighted by molar-refractivity contribution is 0.266. The molecule has 0 saturated carbocycles. The molecule has 0 aliphatic carbocycles. The number of ether oxygens (including phenoxy) is 1. The smallest absolute Gasteiger partial charge is 0.320 e. The zero-order chi connectivity index (χ0) is 12.3. The average molecular weight is 233 g/mol. The number of hydrogen-bond donors (Lipinski definition) is 1. The zero-order valence-corrected chi connectivity index (χ0v) is 9.92. The number of pyridine rings is 1. The SMILES string of the molecule is CC(C)CCOc1nc(O)c2ccncc2n1. The lowest BCUT2D eigenvalue weighted by Crippen LogP contribution is -2.04. The molecule has 0 aliphatic rings. The molecule has 0 amide bonds. The summed E-state index contributed by atoms with van der Waals surface area (Å²) in [6, 6.07) is 1.87. The molecule has 0 aliphatic heterocycles. The van der Waals surface area contributed by atoms with Crippen LogP contribution in [-0.2, 0) is 0 Å². The second-order valence-corrected chi connectivity index (χ2v) is 4.25. The van der Waals surface area contributed by atoms with Gasteiger partial charge in [0.2, 0.25) is 5.88 Å². The fourth-order valence-electron chi connectivity index (χ4n) is 1.39. The summed E-state index contributed by atoms with van der Waals surface area (Å²) in [5, 5.41) is 10.3. The Kier molecular flexibility index (Phi) is 3.37. The van der Waals surface area contributed by atoms with Crippen LogP contribution in [0.15, 0.2) is 18.5 Å². The number of aromatic nitrogens is 3. The van der Waals surface area contributed by atoms with Crippen molar-refractivity contribution in [3.8, 4) is 11.9 Å². The largest absolute Gasteiger partial charge is 0.493 e. The van der Waals surface area contributed by atoms with Crippen molar-refractivity contribution in [1.29, 1.82) is 0 Å². The number of aromatic hydroxyl groups is 1. The first-order valence-electron chi connectivity index (χ1n) is 5.60. The third kappa shape index (κ3) is 2.81. The maximum Gasteiger partial charge on any atom is 0.320 e. The first-order valence-corrected chi connectivity index (χ1v) is 5.60. The van der Waals surface area contributed by atoms with Crippen molar-refractivity contribution >= 4 is 10.9 Å². The summed E-state index contributed by atoms with van der Waals surface area (Å²) < 4.78 is 5.40. The monoisotopic (exact) mass is 233 g/mol. The maximum absolute atomic E-state index is 9.70. The topological polar surface area (TPSA) is 68.1 Å². The van der Waals surface area contributed by atoms with Gasteiger partial charge in [-0.1, -0.05) is 13.8 Å². The van der Waals surface area contributed by atoms with Gasteiger partial charge in [0.1, 0.15) is 0 Å². The minimum Gasteiger partial charge on any atom is -0.493 e. The van der Waals surface area contributed by atoms with E-state index in [4.69, 9.17) is 4.74 Å². The van der Waals surface area contributed by atoms with Crippen LogP contribution < -0.4 is 4.74 Å². The molecule has 2 heterocycles. The molecule has 0 radical (unpaired) electrons. The number of nitrogens with zero attached hydrogens (tertiary/aromatic N) is 3. The van der Waals surface area contributed by atoms with E-state index in [2.05, 4.69) is 28.8 Å². The molecule has 0 fully saturated rings. The Morgan fingerprint density at radius 1 is 1.35 bits per heavy atom. The highest BCUT2D eigenvalue weighted by atomic mass is 16.5. The van der Waals surface area contributed by atoms with E-state index in [0.29, 0.717) is 23.4 Å². The van der Waals surface area contributed by atoms with Crippen molar-refractivity contribution < 1.29 is 9.84 Å². The van der Waals surface area contributed by atoms with E-state index in [1.807, 2.05) is 0 Å². The fraction of sp³-hybridized carbons (Fsp3) is 0.417. The molecule has 0 spiro atoms. The second kappa shape index (κ2) is 4.95. The predicted octanol–water partition coefficient (Wildman–Crippen LogP) is 2.16. The van der Waals surface area contributed by atoms with Gasteiger partial charge in [0, 0.05) is 6.20 Å². The van der Waals surface area contributed by atoms with Gasteiger partial charge >= 0.3 is 6.01 Å². The average Bonchev–Trinajstić information content (AvgIpc) is 2.28. The molecule has 17 heavy (non-hydrogen) atoms. The van der Waals surface area contributed by atoms with Gasteiger partial charge < -0.3 is 9.84 Å². The molecular weight excluding hydrogens is 218 g/mol. The Morgan fingerprint density at radius 3 is 2.94 bits per heavy atom. The lowest BCUT2D eigenvalue weighted by Gasteiger charge is -2.07. The van der Waals surface area contributed by atoms with Gasteiger partial charge in [-0.15, -0.1) is 0 Å². The summed E-state index contributed by atoms with van der Waals surface area (Å²) in [4.78, 5) is 12.0. The van der Waals surface area contributed by atoms with Crippen molar-refractivity contribution in [2.75, 3.05) is 6.61 Å². The summed E-state index contributed by atoms with van der Waals surface area (Å²) >= 11 is 0. The Bertz CT molecular complexity index is 514. The van der Waals surface area contributed by atoms with E-state index in [0.717, 1.165) is 6.42 Å². The van der Waals surface area contributed by atoms with E-state index in [1.54, 1.807) is 18.5 Å². The second-order valence-electron chi connectivity index (χ2n) is 4.25. The highest BCUT2D eigenvalue weighted by Gasteiger charge is 2.07. The molecule has 0 atom stereocenters. The third-order valence-corrected chi connectivity index (χ3v) is 2.38. The van der Waals surface area contributed by atoms with Gasteiger partial charge in [-0.2, -0.15) is 9.97 Å². The quantitative estimate of drug-likeness (QED) is 0.876. The summed E-state index contributed by atoms with van der Waals surface area (Å²) in [7, 11) is 0. The van der Waals surface area contributed by atoms with Crippen LogP contribution in [0.1, 0.15) is 20.3 Å². The van der Waals surface area contributed by atoms with Gasteiger partial charge in [-0.05, 0) is 18.4 Å². The molecule has 0 unspecified atom stereocenters. The van der Waals surface area contributed by atoms with Crippen molar-refractivity contribution in [3.05, 3.63) is 18.5 Å². The van der Waals surface area contributed by atoms with E-state index >= 15 is 0 Å². The summed E-state index contributed by atoms with van der Waals surface area (Å²) in [5.41, 5.74) is 0.583. The maximum atomic E-state index is 9.70. The molecule has 0 aromatic carbocycles. The minimum atomic E-state index is -0.0723. The highest BCUT2D eigenvalue weighted by molar-refractivity contribution is 5.82. The molecule has 2 rings (SSSR count). The van der Waals surface area contributed by atoms with Crippen LogP contribution in [0, 0.1) is 5.92 Å². The standard InChI is InChI=1S/C12H15N3O2/c1-8(2)4-6-17-12-14-10-7-13-5-3-9(10)11(16)15-12/h3,5,7-8H,4,6H2,1-2H3,(H,14,15,16). The van der Waals surface area contributed by atoms with Crippen LogP contribution in [0.2, 0.25) is 0 Å². The molecular formula is C12H15N3O2. The molecule has 2 aromatic rings. The highest BCUT2D eigenvalue weighted by Crippen LogP contribution is 2.22. The molecule has 5 heteroatoms. The van der Waals surface area contributed by atoms with Crippen LogP contribution in [-0.4, -0.2) is 26.7 Å². The van der Waals surface area contributed by atoms with Gasteiger partial charge in [-0.25, -0.2) is 0 Å². The molecule has 2 aromatic heterocycles. The van der Waals surface area contributed by atoms with Gasteiger partial charge in [0.05, 0.1) is 23.7 Å². The molecule has 5 nitrogen and oxygen atoms in total. The first-order chi connectivity index (χ1) is 8.16. The van der Waals surface area contributed by atoms with Crippen LogP contribution >= 0.6 is 0 Å². The van der Waals surface area contributed by atoms with Gasteiger partial charge in [0.25, 0.3) is 0 Å². The predicted molar refractivity (Wildman–Crippen MR) is 63.9 cm³/mol. The van der Waals surface area contributed by atoms with Crippen LogP contribution in [0.4, 0.5) is 0 Å². The summed E-state index contributed by atoms with van der Waals surface area (Å²) in [6.07, 6.45) is 4.09. The molecule has 90 valence electrons. The first kappa shape index (κ1) is 11.6. The summed E-state index contributed by atoms with van der Waals surface area (Å²) in [6.45, 7) is 4.78. The van der Waals surface area contributed by atoms with Crippen molar-refractivity contribution in [3.63, 3.8) is 0 Å². The lowest BCUT2D eigenvalue weighted by atomic mass is 10.1. The Balaban J connectivity index is 2.19. The van der Waals surface area contributed by atoms with E-state index in [-0.39, 0.29) is 11.9 Å². The van der Waals surface area contributed by atoms with Crippen LogP contribution in [0.25, 0.3) is 10.9 Å². The molecule has 0 bridgehead atoms. The van der Waals surface area contributed by atoms with Crippen LogP contribution in [0.5, 0.6) is 11.9 Å².